The van der Waals surface area contributed by atoms with Gasteiger partial charge in [0.2, 0.25) is 0 Å². The number of benzene rings is 1. The second kappa shape index (κ2) is 11.4. The summed E-state index contributed by atoms with van der Waals surface area (Å²) in [6.07, 6.45) is 0.913. The second-order valence-corrected chi connectivity index (χ2v) is 8.17. The fourth-order valence-corrected chi connectivity index (χ4v) is 3.54. The molecular formula is C21H29IN6OS. The lowest BCUT2D eigenvalue weighted by Crippen LogP contribution is -2.45. The molecule has 3 aromatic rings. The maximum atomic E-state index is 10.9. The highest BCUT2D eigenvalue weighted by molar-refractivity contribution is 14.0. The summed E-state index contributed by atoms with van der Waals surface area (Å²) in [5.74, 6) is 2.28. The van der Waals surface area contributed by atoms with Crippen molar-refractivity contribution < 1.29 is 5.11 Å². The third-order valence-electron chi connectivity index (χ3n) is 4.80. The number of halogens is 1. The van der Waals surface area contributed by atoms with Gasteiger partial charge in [-0.2, -0.15) is 0 Å². The van der Waals surface area contributed by atoms with E-state index in [1.54, 1.807) is 18.3 Å². The van der Waals surface area contributed by atoms with Crippen LogP contribution in [0.5, 0.6) is 0 Å². The van der Waals surface area contributed by atoms with Gasteiger partial charge in [-0.3, -0.25) is 0 Å². The monoisotopic (exact) mass is 540 g/mol. The lowest BCUT2D eigenvalue weighted by Gasteiger charge is -2.25. The molecule has 0 spiro atoms. The Bertz CT molecular complexity index is 924. The van der Waals surface area contributed by atoms with Crippen LogP contribution in [0.25, 0.3) is 0 Å². The smallest absolute Gasteiger partial charge is 0.191 e. The van der Waals surface area contributed by atoms with Crippen molar-refractivity contribution in [2.24, 2.45) is 12.0 Å². The Balaban J connectivity index is 0.00000320. The summed E-state index contributed by atoms with van der Waals surface area (Å²) in [6.45, 7) is 5.19. The second-order valence-electron chi connectivity index (χ2n) is 7.14. The van der Waals surface area contributed by atoms with E-state index in [0.29, 0.717) is 19.0 Å². The van der Waals surface area contributed by atoms with Crippen LogP contribution in [0, 0.1) is 6.92 Å². The predicted molar refractivity (Wildman–Crippen MR) is 132 cm³/mol. The first-order chi connectivity index (χ1) is 14.0. The number of hydrogen-bond acceptors (Lipinski definition) is 5. The van der Waals surface area contributed by atoms with Crippen LogP contribution in [0.4, 0.5) is 0 Å². The molecule has 1 unspecified atom stereocenters. The molecular weight excluding hydrogens is 511 g/mol. The van der Waals surface area contributed by atoms with Gasteiger partial charge in [0.25, 0.3) is 0 Å². The Hall–Kier alpha value is -1.98. The highest BCUT2D eigenvalue weighted by atomic mass is 127. The molecule has 0 amide bonds. The molecule has 9 heteroatoms. The molecule has 0 radical (unpaired) electrons. The summed E-state index contributed by atoms with van der Waals surface area (Å²) in [6, 6.07) is 13.8. The van der Waals surface area contributed by atoms with Crippen molar-refractivity contribution in [1.29, 1.82) is 0 Å². The minimum atomic E-state index is -1.02. The summed E-state index contributed by atoms with van der Waals surface area (Å²) in [4.78, 5) is 5.96. The first-order valence-corrected chi connectivity index (χ1v) is 10.5. The average molecular weight is 540 g/mol. The van der Waals surface area contributed by atoms with Crippen LogP contribution >= 0.6 is 35.3 Å². The van der Waals surface area contributed by atoms with Crippen molar-refractivity contribution in [3.63, 3.8) is 0 Å². The van der Waals surface area contributed by atoms with Crippen molar-refractivity contribution in [3.8, 4) is 0 Å². The molecule has 0 aliphatic carbocycles. The molecule has 3 N–H and O–H groups in total. The first-order valence-electron chi connectivity index (χ1n) is 9.63. The lowest BCUT2D eigenvalue weighted by molar-refractivity contribution is 0.0617. The molecule has 0 fully saturated rings. The van der Waals surface area contributed by atoms with Gasteiger partial charge in [-0.1, -0.05) is 36.4 Å². The van der Waals surface area contributed by atoms with Crippen molar-refractivity contribution in [1.82, 2.24) is 25.4 Å². The van der Waals surface area contributed by atoms with Crippen LogP contribution in [0.15, 0.2) is 52.8 Å². The molecule has 1 aromatic carbocycles. The molecule has 1 atom stereocenters. The Labute approximate surface area is 198 Å². The van der Waals surface area contributed by atoms with Gasteiger partial charge in [0, 0.05) is 18.5 Å². The number of thiophene rings is 1. The fraction of sp³-hybridized carbons (Fsp3) is 0.381. The molecule has 0 aliphatic heterocycles. The Morgan fingerprint density at radius 2 is 1.93 bits per heavy atom. The summed E-state index contributed by atoms with van der Waals surface area (Å²) >= 11 is 1.74. The van der Waals surface area contributed by atoms with E-state index in [4.69, 9.17) is 0 Å². The first kappa shape index (κ1) is 24.3. The molecule has 0 saturated carbocycles. The molecule has 162 valence electrons. The van der Waals surface area contributed by atoms with Gasteiger partial charge in [-0.25, -0.2) is 4.99 Å². The Morgan fingerprint density at radius 3 is 2.57 bits per heavy atom. The van der Waals surface area contributed by atoms with Gasteiger partial charge >= 0.3 is 0 Å². The third-order valence-corrected chi connectivity index (χ3v) is 5.74. The number of nitrogens with zero attached hydrogens (tertiary/aromatic N) is 4. The quantitative estimate of drug-likeness (QED) is 0.232. The zero-order valence-corrected chi connectivity index (χ0v) is 20.6. The minimum Gasteiger partial charge on any atom is -0.384 e. The average Bonchev–Trinajstić information content (AvgIpc) is 3.35. The molecule has 0 bridgehead atoms. The number of guanidine groups is 1. The fourth-order valence-electron chi connectivity index (χ4n) is 2.83. The van der Waals surface area contributed by atoms with Crippen LogP contribution in [-0.2, 0) is 25.6 Å². The highest BCUT2D eigenvalue weighted by Crippen LogP contribution is 2.18. The SMILES string of the molecule is Cc1nnc(CN=C(NCCc2cccs2)NCC(C)(O)c2ccccc2)n1C.I. The van der Waals surface area contributed by atoms with Gasteiger partial charge in [-0.05, 0) is 37.3 Å². The van der Waals surface area contributed by atoms with E-state index in [2.05, 4.69) is 43.3 Å². The van der Waals surface area contributed by atoms with Crippen molar-refractivity contribution in [2.45, 2.75) is 32.4 Å². The van der Waals surface area contributed by atoms with Crippen molar-refractivity contribution >= 4 is 41.3 Å². The summed E-state index contributed by atoms with van der Waals surface area (Å²) in [5.41, 5.74) is -0.159. The van der Waals surface area contributed by atoms with Crippen LogP contribution < -0.4 is 10.6 Å². The van der Waals surface area contributed by atoms with E-state index < -0.39 is 5.60 Å². The lowest BCUT2D eigenvalue weighted by atomic mass is 9.96. The van der Waals surface area contributed by atoms with Crippen LogP contribution in [-0.4, -0.2) is 38.9 Å². The van der Waals surface area contributed by atoms with E-state index in [1.165, 1.54) is 4.88 Å². The number of aryl methyl sites for hydroxylation is 1. The van der Waals surface area contributed by atoms with Crippen molar-refractivity contribution in [3.05, 3.63) is 69.9 Å². The molecule has 0 aliphatic rings. The number of hydrogen-bond donors (Lipinski definition) is 3. The maximum absolute atomic E-state index is 10.9. The number of aliphatic hydroxyl groups is 1. The molecule has 2 heterocycles. The number of rotatable bonds is 8. The van der Waals surface area contributed by atoms with Gasteiger partial charge in [0.05, 0.1) is 6.54 Å². The molecule has 7 nitrogen and oxygen atoms in total. The van der Waals surface area contributed by atoms with E-state index in [9.17, 15) is 5.11 Å². The van der Waals surface area contributed by atoms with Crippen LogP contribution in [0.2, 0.25) is 0 Å². The van der Waals surface area contributed by atoms with E-state index >= 15 is 0 Å². The zero-order chi connectivity index (χ0) is 20.7. The standard InChI is InChI=1S/C21H28N6OS.HI/c1-16-25-26-19(27(16)3)14-23-20(22-12-11-18-10-7-13-29-18)24-15-21(2,28)17-8-5-4-6-9-17;/h4-10,13,28H,11-12,14-15H2,1-3H3,(H2,22,23,24);1H. The van der Waals surface area contributed by atoms with Crippen molar-refractivity contribution in [2.75, 3.05) is 13.1 Å². The van der Waals surface area contributed by atoms with Gasteiger partial charge in [0.1, 0.15) is 18.0 Å². The highest BCUT2D eigenvalue weighted by Gasteiger charge is 2.23. The minimum absolute atomic E-state index is 0. The molecule has 30 heavy (non-hydrogen) atoms. The summed E-state index contributed by atoms with van der Waals surface area (Å²) in [7, 11) is 1.93. The summed E-state index contributed by atoms with van der Waals surface area (Å²) in [5, 5.41) is 27.8. The zero-order valence-electron chi connectivity index (χ0n) is 17.5. The maximum Gasteiger partial charge on any atom is 0.191 e. The Kier molecular flexibility index (Phi) is 9.25. The van der Waals surface area contributed by atoms with E-state index in [1.807, 2.05) is 48.9 Å². The van der Waals surface area contributed by atoms with Gasteiger partial charge in [0.15, 0.2) is 11.8 Å². The third kappa shape index (κ3) is 6.78. The largest absolute Gasteiger partial charge is 0.384 e. The Morgan fingerprint density at radius 1 is 1.17 bits per heavy atom. The summed E-state index contributed by atoms with van der Waals surface area (Å²) < 4.78 is 1.92. The number of aliphatic imine (C=N–C) groups is 1. The predicted octanol–water partition coefficient (Wildman–Crippen LogP) is 2.99. The van der Waals surface area contributed by atoms with Gasteiger partial charge in [-0.15, -0.1) is 45.5 Å². The normalized spacial score (nSPS) is 13.4. The van der Waals surface area contributed by atoms with E-state index in [0.717, 1.165) is 30.2 Å². The van der Waals surface area contributed by atoms with Gasteiger partial charge < -0.3 is 20.3 Å². The van der Waals surface area contributed by atoms with E-state index in [-0.39, 0.29) is 24.0 Å². The van der Waals surface area contributed by atoms with Crippen LogP contribution in [0.1, 0.15) is 29.0 Å². The number of aromatic nitrogens is 3. The molecule has 2 aromatic heterocycles. The topological polar surface area (TPSA) is 87.4 Å². The molecule has 3 rings (SSSR count). The molecule has 0 saturated heterocycles. The van der Waals surface area contributed by atoms with Crippen LogP contribution in [0.3, 0.4) is 0 Å². The number of nitrogens with one attached hydrogen (secondary N) is 2.